The Bertz CT molecular complexity index is 4210. The summed E-state index contributed by atoms with van der Waals surface area (Å²) in [7, 11) is 0. The van der Waals surface area contributed by atoms with Gasteiger partial charge in [-0.2, -0.15) is 0 Å². The molecule has 0 unspecified atom stereocenters. The summed E-state index contributed by atoms with van der Waals surface area (Å²) in [6.07, 6.45) is 9.13. The van der Waals surface area contributed by atoms with Crippen molar-refractivity contribution in [2.75, 3.05) is 0 Å². The van der Waals surface area contributed by atoms with E-state index in [1.807, 2.05) is 0 Å². The molecule has 0 saturated heterocycles. The highest BCUT2D eigenvalue weighted by molar-refractivity contribution is 6.11. The van der Waals surface area contributed by atoms with Crippen molar-refractivity contribution < 1.29 is 0 Å². The molecular weight excluding hydrogens is 905 g/mol. The standard InChI is InChI=1S/C73H56N2/c1-71(2)61-19-11-7-15-51(61)55-35-31-49(43-65(55)71)74-67-21-13-9-17-57(67)59-39-45(29-37-69(59)74)23-25-47-27-33-53-54-34-28-48(42-64(54)73(5,6)63(53)41-47)26-24-46-30-38-70-60(40-46)58-18-10-14-22-68(58)75(70)50-32-36-56-52-16-8-12-20-62(52)72(3,4)66(56)44-50/h7-44H,1-6H3/b25-23+,26-24+. The van der Waals surface area contributed by atoms with Gasteiger partial charge in [0, 0.05) is 49.2 Å². The summed E-state index contributed by atoms with van der Waals surface area (Å²) < 4.78 is 4.90. The number of hydrogen-bond acceptors (Lipinski definition) is 0. The summed E-state index contributed by atoms with van der Waals surface area (Å²) in [5.41, 5.74) is 28.2. The van der Waals surface area contributed by atoms with Crippen LogP contribution in [0.4, 0.5) is 0 Å². The van der Waals surface area contributed by atoms with E-state index in [1.165, 1.54) is 144 Å². The van der Waals surface area contributed by atoms with Crippen molar-refractivity contribution in [3.05, 3.63) is 262 Å². The molecule has 3 aliphatic carbocycles. The van der Waals surface area contributed by atoms with Gasteiger partial charge in [-0.25, -0.2) is 0 Å². The topological polar surface area (TPSA) is 9.86 Å². The van der Waals surface area contributed by atoms with Crippen molar-refractivity contribution >= 4 is 67.9 Å². The largest absolute Gasteiger partial charge is 0.309 e. The van der Waals surface area contributed by atoms with Gasteiger partial charge >= 0.3 is 0 Å². The van der Waals surface area contributed by atoms with Crippen LogP contribution in [-0.2, 0) is 16.2 Å². The zero-order chi connectivity index (χ0) is 50.5. The molecule has 0 amide bonds. The molecule has 0 saturated carbocycles. The minimum atomic E-state index is -0.148. The molecule has 358 valence electrons. The fraction of sp³-hybridized carbons (Fsp3) is 0.123. The van der Waals surface area contributed by atoms with Crippen molar-refractivity contribution in [2.45, 2.75) is 57.8 Å². The fourth-order valence-electron chi connectivity index (χ4n) is 13.8. The van der Waals surface area contributed by atoms with E-state index >= 15 is 0 Å². The number of aromatic nitrogens is 2. The summed E-state index contributed by atoms with van der Waals surface area (Å²) in [5.74, 6) is 0. The minimum Gasteiger partial charge on any atom is -0.309 e. The van der Waals surface area contributed by atoms with Gasteiger partial charge < -0.3 is 9.13 Å². The van der Waals surface area contributed by atoms with Gasteiger partial charge in [0.15, 0.2) is 0 Å². The highest BCUT2D eigenvalue weighted by Gasteiger charge is 2.38. The monoisotopic (exact) mass is 960 g/mol. The molecule has 0 radical (unpaired) electrons. The average molecular weight is 961 g/mol. The number of nitrogens with zero attached hydrogens (tertiary/aromatic N) is 2. The second-order valence-corrected chi connectivity index (χ2v) is 23.0. The lowest BCUT2D eigenvalue weighted by atomic mass is 9.81. The van der Waals surface area contributed by atoms with Crippen molar-refractivity contribution in [2.24, 2.45) is 0 Å². The third kappa shape index (κ3) is 6.33. The second-order valence-electron chi connectivity index (χ2n) is 23.0. The first-order valence-electron chi connectivity index (χ1n) is 26.7. The minimum absolute atomic E-state index is 0.0607. The molecule has 15 rings (SSSR count). The first-order valence-corrected chi connectivity index (χ1v) is 26.7. The van der Waals surface area contributed by atoms with Gasteiger partial charge in [0.1, 0.15) is 0 Å². The van der Waals surface area contributed by atoms with Gasteiger partial charge in [-0.15, -0.1) is 0 Å². The molecule has 0 aliphatic heterocycles. The van der Waals surface area contributed by atoms with Crippen LogP contribution in [-0.4, -0.2) is 9.13 Å². The highest BCUT2D eigenvalue weighted by atomic mass is 15.0. The second kappa shape index (κ2) is 15.7. The van der Waals surface area contributed by atoms with Crippen LogP contribution in [0.2, 0.25) is 0 Å². The van der Waals surface area contributed by atoms with E-state index in [-0.39, 0.29) is 16.2 Å². The Morgan fingerprint density at radius 3 is 1.00 bits per heavy atom. The molecule has 3 aliphatic rings. The maximum absolute atomic E-state index is 2.45. The van der Waals surface area contributed by atoms with Crippen LogP contribution >= 0.6 is 0 Å². The van der Waals surface area contributed by atoms with Crippen LogP contribution in [0.15, 0.2) is 206 Å². The Kier molecular flexibility index (Phi) is 9.15. The smallest absolute Gasteiger partial charge is 0.0541 e. The van der Waals surface area contributed by atoms with E-state index < -0.39 is 0 Å². The first kappa shape index (κ1) is 43.8. The lowest BCUT2D eigenvalue weighted by Crippen LogP contribution is -2.15. The van der Waals surface area contributed by atoms with Gasteiger partial charge in [0.2, 0.25) is 0 Å². The lowest BCUT2D eigenvalue weighted by molar-refractivity contribution is 0.660. The Labute approximate surface area is 439 Å². The lowest BCUT2D eigenvalue weighted by Gasteiger charge is -2.22. The van der Waals surface area contributed by atoms with Gasteiger partial charge in [0.05, 0.1) is 22.1 Å². The predicted octanol–water partition coefficient (Wildman–Crippen LogP) is 19.1. The molecule has 2 aromatic heterocycles. The van der Waals surface area contributed by atoms with E-state index in [1.54, 1.807) is 0 Å². The maximum Gasteiger partial charge on any atom is 0.0541 e. The number of fused-ring (bicyclic) bond motifs is 15. The number of rotatable bonds is 6. The zero-order valence-electron chi connectivity index (χ0n) is 43.3. The first-order chi connectivity index (χ1) is 36.4. The van der Waals surface area contributed by atoms with Crippen molar-refractivity contribution in [1.82, 2.24) is 9.13 Å². The molecule has 2 heteroatoms. The molecule has 2 nitrogen and oxygen atoms in total. The van der Waals surface area contributed by atoms with Gasteiger partial charge in [-0.1, -0.05) is 211 Å². The van der Waals surface area contributed by atoms with Crippen LogP contribution in [0.3, 0.4) is 0 Å². The van der Waals surface area contributed by atoms with Crippen LogP contribution in [0.1, 0.15) is 97.2 Å². The molecular formula is C73H56N2. The van der Waals surface area contributed by atoms with E-state index in [0.29, 0.717) is 0 Å². The Morgan fingerprint density at radius 1 is 0.253 bits per heavy atom. The normalized spacial score (nSPS) is 15.3. The van der Waals surface area contributed by atoms with E-state index in [0.717, 1.165) is 0 Å². The molecule has 75 heavy (non-hydrogen) atoms. The molecule has 0 N–H and O–H groups in total. The van der Waals surface area contributed by atoms with Crippen LogP contribution in [0.25, 0.3) is 113 Å². The SMILES string of the molecule is CC1(C)c2cc(/C=C/c3ccc4c(c3)c3ccccc3n4-c3ccc4c(c3)C(C)(C)c3ccccc3-4)ccc2-c2ccc(/C=C/c3ccc4c(c3)c3ccccc3n4-c3ccc4c(c3)C(C)(C)c3ccccc3-4)cc21. The van der Waals surface area contributed by atoms with Crippen molar-refractivity contribution in [1.29, 1.82) is 0 Å². The molecule has 12 aromatic rings. The number of para-hydroxylation sites is 2. The summed E-state index contributed by atoms with van der Waals surface area (Å²) >= 11 is 0. The highest BCUT2D eigenvalue weighted by Crippen LogP contribution is 2.52. The molecule has 0 spiro atoms. The molecule has 10 aromatic carbocycles. The molecule has 2 heterocycles. The van der Waals surface area contributed by atoms with Gasteiger partial charge in [-0.3, -0.25) is 0 Å². The van der Waals surface area contributed by atoms with Crippen molar-refractivity contribution in [3.8, 4) is 44.8 Å². The van der Waals surface area contributed by atoms with Crippen LogP contribution in [0, 0.1) is 0 Å². The third-order valence-corrected chi connectivity index (χ3v) is 17.7. The van der Waals surface area contributed by atoms with E-state index in [4.69, 9.17) is 0 Å². The summed E-state index contributed by atoms with van der Waals surface area (Å²) in [6.45, 7) is 14.2. The number of benzene rings is 10. The Hall–Kier alpha value is -8.72. The van der Waals surface area contributed by atoms with E-state index in [9.17, 15) is 0 Å². The third-order valence-electron chi connectivity index (χ3n) is 17.7. The Morgan fingerprint density at radius 2 is 0.560 bits per heavy atom. The van der Waals surface area contributed by atoms with Crippen LogP contribution in [0.5, 0.6) is 0 Å². The summed E-state index contributed by atoms with van der Waals surface area (Å²) in [4.78, 5) is 0. The van der Waals surface area contributed by atoms with Crippen molar-refractivity contribution in [3.63, 3.8) is 0 Å². The molecule has 0 atom stereocenters. The maximum atomic E-state index is 2.45. The van der Waals surface area contributed by atoms with Gasteiger partial charge in [0.25, 0.3) is 0 Å². The molecule has 0 fully saturated rings. The fourth-order valence-corrected chi connectivity index (χ4v) is 13.8. The zero-order valence-corrected chi connectivity index (χ0v) is 43.3. The van der Waals surface area contributed by atoms with Crippen LogP contribution < -0.4 is 0 Å². The van der Waals surface area contributed by atoms with Gasteiger partial charge in [-0.05, 0) is 150 Å². The Balaban J connectivity index is 0.708. The summed E-state index contributed by atoms with van der Waals surface area (Å²) in [5, 5.41) is 5.07. The molecule has 0 bridgehead atoms. The predicted molar refractivity (Wildman–Crippen MR) is 319 cm³/mol. The quantitative estimate of drug-likeness (QED) is 0.147. The number of hydrogen-bond donors (Lipinski definition) is 0. The average Bonchev–Trinajstić information content (AvgIpc) is 4.15. The summed E-state index contributed by atoms with van der Waals surface area (Å²) in [6, 6.07) is 77.6. The van der Waals surface area contributed by atoms with E-state index in [2.05, 4.69) is 281 Å².